The maximum atomic E-state index is 12.0. The van der Waals surface area contributed by atoms with Crippen molar-refractivity contribution in [2.24, 2.45) is 50.2 Å². The van der Waals surface area contributed by atoms with Gasteiger partial charge in [0.2, 0.25) is 0 Å². The highest BCUT2D eigenvalue weighted by Crippen LogP contribution is 2.77. The second-order valence-electron chi connectivity index (χ2n) is 18.5. The van der Waals surface area contributed by atoms with Crippen LogP contribution in [0.1, 0.15) is 115 Å². The lowest BCUT2D eigenvalue weighted by atomic mass is 9.32. The standard InChI is InChI=1S/C36H58O6/c1-29(2)18-21-20-12-13-23-33(9)16-15-24(37)30(3,4)22(33)14-17-34(23,10)35(20,11)27-28(42-32(7,8)41-27)36(21)19-39-31(5,6)40-26(36)25(29)38/h12,21-28,37-38H,13-19H2,1-11H3/t21-,22-,23+,24-,25-,26-,27-,28+,33-,34+,35-,36?/m0/s1. The van der Waals surface area contributed by atoms with E-state index in [1.54, 1.807) is 0 Å². The summed E-state index contributed by atoms with van der Waals surface area (Å²) in [6, 6.07) is 0. The molecule has 1 unspecified atom stereocenters. The minimum absolute atomic E-state index is 0.000364. The van der Waals surface area contributed by atoms with Gasteiger partial charge in [0.1, 0.15) is 0 Å². The summed E-state index contributed by atoms with van der Waals surface area (Å²) in [5.41, 5.74) is 0.461. The molecule has 7 aliphatic rings. The average molecular weight is 587 g/mol. The van der Waals surface area contributed by atoms with Gasteiger partial charge in [-0.15, -0.1) is 0 Å². The summed E-state index contributed by atoms with van der Waals surface area (Å²) in [5, 5.41) is 23.1. The fraction of sp³-hybridized carbons (Fsp3) is 0.944. The van der Waals surface area contributed by atoms with Crippen molar-refractivity contribution >= 4 is 0 Å². The molecule has 6 heteroatoms. The number of hydrogen-bond acceptors (Lipinski definition) is 6. The Hall–Kier alpha value is -0.500. The van der Waals surface area contributed by atoms with E-state index < -0.39 is 29.2 Å². The molecule has 0 amide bonds. The van der Waals surface area contributed by atoms with E-state index in [0.29, 0.717) is 18.4 Å². The van der Waals surface area contributed by atoms with Gasteiger partial charge in [0.05, 0.1) is 42.5 Å². The van der Waals surface area contributed by atoms with Crippen LogP contribution < -0.4 is 0 Å². The monoisotopic (exact) mass is 586 g/mol. The molecule has 1 spiro atoms. The van der Waals surface area contributed by atoms with Crippen LogP contribution in [0, 0.1) is 50.2 Å². The zero-order valence-electron chi connectivity index (χ0n) is 28.2. The van der Waals surface area contributed by atoms with Crippen molar-refractivity contribution in [2.45, 2.75) is 157 Å². The van der Waals surface area contributed by atoms with E-state index in [4.69, 9.17) is 18.9 Å². The van der Waals surface area contributed by atoms with Crippen LogP contribution in [-0.2, 0) is 18.9 Å². The Labute approximate surface area is 254 Å². The molecule has 0 radical (unpaired) electrons. The van der Waals surface area contributed by atoms with Crippen LogP contribution in [0.15, 0.2) is 11.6 Å². The van der Waals surface area contributed by atoms with E-state index in [1.165, 1.54) is 5.57 Å². The van der Waals surface area contributed by atoms with Gasteiger partial charge in [0.25, 0.3) is 0 Å². The largest absolute Gasteiger partial charge is 0.393 e. The number of rotatable bonds is 0. The van der Waals surface area contributed by atoms with E-state index in [1.807, 2.05) is 13.8 Å². The molecule has 0 bridgehead atoms. The molecule has 2 N–H and O–H groups in total. The van der Waals surface area contributed by atoms with Crippen molar-refractivity contribution in [2.75, 3.05) is 6.61 Å². The summed E-state index contributed by atoms with van der Waals surface area (Å²) in [7, 11) is 0. The zero-order valence-corrected chi connectivity index (χ0v) is 28.2. The first-order valence-electron chi connectivity index (χ1n) is 16.9. The van der Waals surface area contributed by atoms with E-state index >= 15 is 0 Å². The van der Waals surface area contributed by atoms with Gasteiger partial charge in [-0.1, -0.05) is 60.1 Å². The Morgan fingerprint density at radius 2 is 1.38 bits per heavy atom. The third-order valence-electron chi connectivity index (χ3n) is 15.0. The van der Waals surface area contributed by atoms with Crippen molar-refractivity contribution in [1.82, 2.24) is 0 Å². The molecule has 0 aromatic carbocycles. The van der Waals surface area contributed by atoms with Crippen LogP contribution in [-0.4, -0.2) is 58.9 Å². The summed E-state index contributed by atoms with van der Waals surface area (Å²) >= 11 is 0. The molecule has 4 saturated carbocycles. The van der Waals surface area contributed by atoms with Crippen LogP contribution in [0.3, 0.4) is 0 Å². The molecular formula is C36H58O6. The van der Waals surface area contributed by atoms with Crippen LogP contribution in [0.2, 0.25) is 0 Å². The van der Waals surface area contributed by atoms with Crippen molar-refractivity contribution in [3.8, 4) is 0 Å². The topological polar surface area (TPSA) is 77.4 Å². The Balaban J connectivity index is 1.42. The average Bonchev–Trinajstić information content (AvgIpc) is 3.21. The van der Waals surface area contributed by atoms with E-state index in [9.17, 15) is 10.2 Å². The highest BCUT2D eigenvalue weighted by molar-refractivity contribution is 5.40. The molecular weight excluding hydrogens is 528 g/mol. The lowest BCUT2D eigenvalue weighted by Gasteiger charge is -2.74. The first-order valence-corrected chi connectivity index (χ1v) is 16.9. The van der Waals surface area contributed by atoms with Gasteiger partial charge in [-0.25, -0.2) is 0 Å². The summed E-state index contributed by atoms with van der Waals surface area (Å²) in [6.07, 6.45) is 7.02. The molecule has 0 aromatic rings. The SMILES string of the molecule is CC1(C)OCC23[C@@H]4OC(C)(C)O[C@@H]4[C@]4(C)C(=CC[C@@H]5[C@@]6(C)CC[C@H](O)C(C)(C)[C@@H]6CC[C@]54C)[C@@H]2CC(C)(C)[C@@H](O)[C@@H]3O1. The predicted molar refractivity (Wildman–Crippen MR) is 161 cm³/mol. The molecule has 0 aromatic heterocycles. The number of aliphatic hydroxyl groups is 2. The minimum atomic E-state index is -0.774. The summed E-state index contributed by atoms with van der Waals surface area (Å²) in [5.74, 6) is -0.382. The Morgan fingerprint density at radius 1 is 0.738 bits per heavy atom. The Kier molecular flexibility index (Phi) is 6.07. The lowest BCUT2D eigenvalue weighted by molar-refractivity contribution is -0.384. The number of aliphatic hydroxyl groups excluding tert-OH is 2. The van der Waals surface area contributed by atoms with E-state index in [0.717, 1.165) is 38.5 Å². The highest BCUT2D eigenvalue weighted by atomic mass is 16.8. The molecule has 2 aliphatic heterocycles. The van der Waals surface area contributed by atoms with Crippen LogP contribution >= 0.6 is 0 Å². The zero-order chi connectivity index (χ0) is 30.7. The van der Waals surface area contributed by atoms with Crippen LogP contribution in [0.25, 0.3) is 0 Å². The van der Waals surface area contributed by atoms with E-state index in [-0.39, 0.29) is 51.3 Å². The number of allylic oxidation sites excluding steroid dienone is 1. The molecule has 6 nitrogen and oxygen atoms in total. The maximum absolute atomic E-state index is 12.0. The molecule has 42 heavy (non-hydrogen) atoms. The van der Waals surface area contributed by atoms with Crippen LogP contribution in [0.5, 0.6) is 0 Å². The number of ether oxygens (including phenoxy) is 4. The first kappa shape index (κ1) is 30.2. The van der Waals surface area contributed by atoms with Gasteiger partial charge < -0.3 is 29.2 Å². The second kappa shape index (κ2) is 8.45. The third-order valence-corrected chi connectivity index (χ3v) is 15.0. The minimum Gasteiger partial charge on any atom is -0.393 e. The maximum Gasteiger partial charge on any atom is 0.163 e. The van der Waals surface area contributed by atoms with Gasteiger partial charge in [0, 0.05) is 5.41 Å². The Morgan fingerprint density at radius 3 is 2.07 bits per heavy atom. The molecule has 2 saturated heterocycles. The molecule has 6 fully saturated rings. The highest BCUT2D eigenvalue weighted by Gasteiger charge is 2.79. The smallest absolute Gasteiger partial charge is 0.163 e. The van der Waals surface area contributed by atoms with E-state index in [2.05, 4.69) is 68.4 Å². The molecule has 12 atom stereocenters. The molecule has 2 heterocycles. The lowest BCUT2D eigenvalue weighted by Crippen LogP contribution is -2.77. The third kappa shape index (κ3) is 3.44. The summed E-state index contributed by atoms with van der Waals surface area (Å²) in [6.45, 7) is 25.2. The normalized spacial score (nSPS) is 56.5. The number of fused-ring (bicyclic) bond motifs is 8. The Bertz CT molecular complexity index is 1190. The second-order valence-corrected chi connectivity index (χ2v) is 18.5. The van der Waals surface area contributed by atoms with Gasteiger partial charge in [-0.3, -0.25) is 0 Å². The fourth-order valence-corrected chi connectivity index (χ4v) is 12.6. The molecule has 7 rings (SSSR count). The van der Waals surface area contributed by atoms with Crippen LogP contribution in [0.4, 0.5) is 0 Å². The van der Waals surface area contributed by atoms with Gasteiger partial charge >= 0.3 is 0 Å². The predicted octanol–water partition coefficient (Wildman–Crippen LogP) is 6.62. The first-order chi connectivity index (χ1) is 19.2. The van der Waals surface area contributed by atoms with Crippen molar-refractivity contribution in [3.63, 3.8) is 0 Å². The van der Waals surface area contributed by atoms with Gasteiger partial charge in [-0.2, -0.15) is 0 Å². The molecule has 238 valence electrons. The van der Waals surface area contributed by atoms with Crippen molar-refractivity contribution in [3.05, 3.63) is 11.6 Å². The van der Waals surface area contributed by atoms with Crippen molar-refractivity contribution < 1.29 is 29.2 Å². The quantitative estimate of drug-likeness (QED) is 0.311. The summed E-state index contributed by atoms with van der Waals surface area (Å²) < 4.78 is 27.4. The van der Waals surface area contributed by atoms with Gasteiger partial charge in [0.15, 0.2) is 11.6 Å². The number of hydrogen-bond donors (Lipinski definition) is 2. The van der Waals surface area contributed by atoms with Gasteiger partial charge in [-0.05, 0) is 106 Å². The summed E-state index contributed by atoms with van der Waals surface area (Å²) in [4.78, 5) is 0. The fourth-order valence-electron chi connectivity index (χ4n) is 12.6. The molecule has 5 aliphatic carbocycles. The van der Waals surface area contributed by atoms with Crippen molar-refractivity contribution in [1.29, 1.82) is 0 Å².